The number of carbonyl (C=O) groups excluding carboxylic acids is 1. The molecule has 40 heavy (non-hydrogen) atoms. The Balaban J connectivity index is 1.18. The Labute approximate surface area is 239 Å². The average Bonchev–Trinajstić information content (AvgIpc) is 3.87. The third-order valence-electron chi connectivity index (χ3n) is 7.89. The van der Waals surface area contributed by atoms with Crippen LogP contribution >= 0.6 is 11.3 Å². The summed E-state index contributed by atoms with van der Waals surface area (Å²) in [5.41, 5.74) is 2.68. The second kappa shape index (κ2) is 11.1. The Morgan fingerprint density at radius 1 is 0.950 bits per heavy atom. The molecule has 0 aliphatic heterocycles. The highest BCUT2D eigenvalue weighted by atomic mass is 32.2. The van der Waals surface area contributed by atoms with Crippen molar-refractivity contribution in [1.29, 1.82) is 0 Å². The van der Waals surface area contributed by atoms with Crippen LogP contribution in [0.4, 0.5) is 16.3 Å². The van der Waals surface area contributed by atoms with Gasteiger partial charge >= 0.3 is 6.09 Å². The second-order valence-electron chi connectivity index (χ2n) is 11.5. The van der Waals surface area contributed by atoms with Gasteiger partial charge in [-0.1, -0.05) is 12.1 Å². The first kappa shape index (κ1) is 27.2. The van der Waals surface area contributed by atoms with E-state index in [1.54, 1.807) is 17.4 Å². The van der Waals surface area contributed by atoms with E-state index in [1.807, 2.05) is 44.4 Å². The van der Waals surface area contributed by atoms with Crippen molar-refractivity contribution < 1.29 is 17.9 Å². The number of pyridine rings is 1. The number of sulfone groups is 1. The van der Waals surface area contributed by atoms with E-state index in [4.69, 9.17) is 9.72 Å². The van der Waals surface area contributed by atoms with Crippen molar-refractivity contribution in [3.63, 3.8) is 0 Å². The summed E-state index contributed by atoms with van der Waals surface area (Å²) in [6, 6.07) is 9.74. The van der Waals surface area contributed by atoms with Crippen LogP contribution in [0.25, 0.3) is 10.4 Å². The molecule has 2 heterocycles. The molecule has 3 saturated carbocycles. The van der Waals surface area contributed by atoms with Gasteiger partial charge in [0.15, 0.2) is 9.84 Å². The Bertz CT molecular complexity index is 1470. The van der Waals surface area contributed by atoms with Gasteiger partial charge in [-0.15, -0.1) is 11.3 Å². The lowest BCUT2D eigenvalue weighted by Crippen LogP contribution is -2.38. The van der Waals surface area contributed by atoms with Crippen molar-refractivity contribution >= 4 is 38.8 Å². The van der Waals surface area contributed by atoms with Gasteiger partial charge in [-0.05, 0) is 94.9 Å². The summed E-state index contributed by atoms with van der Waals surface area (Å²) >= 11 is 1.58. The van der Waals surface area contributed by atoms with Crippen molar-refractivity contribution in [1.82, 2.24) is 15.3 Å². The van der Waals surface area contributed by atoms with E-state index in [0.717, 1.165) is 35.6 Å². The fraction of sp³-hybridized carbons (Fsp3) is 0.500. The maximum absolute atomic E-state index is 13.5. The average molecular weight is 581 g/mol. The number of hydrogen-bond donors (Lipinski definition) is 2. The van der Waals surface area contributed by atoms with E-state index in [2.05, 4.69) is 21.7 Å². The van der Waals surface area contributed by atoms with E-state index < -0.39 is 9.84 Å². The zero-order valence-electron chi connectivity index (χ0n) is 22.9. The monoisotopic (exact) mass is 580 g/mol. The van der Waals surface area contributed by atoms with Crippen LogP contribution in [-0.2, 0) is 14.6 Å². The quantitative estimate of drug-likeness (QED) is 0.283. The number of alkyl carbamates (subject to hydrolysis) is 1. The molecule has 10 heteroatoms. The Morgan fingerprint density at radius 3 is 2.35 bits per heavy atom. The maximum atomic E-state index is 13.5. The highest BCUT2D eigenvalue weighted by Gasteiger charge is 2.39. The SMILES string of the molecule is CC(C)OC(=O)NC1CCC(c2ncc(-c3ccc(Nc4ccc(C5CC5)cn4)cc3S(=O)(=O)C3CC3)s2)CC1. The maximum Gasteiger partial charge on any atom is 0.407 e. The highest BCUT2D eigenvalue weighted by molar-refractivity contribution is 7.92. The standard InChI is InChI=1S/C30H36N4O4S2/c1-18(2)38-30(35)34-22-8-5-20(6-9-22)29-32-17-26(39-29)25-13-10-23(15-27(25)40(36,37)24-11-12-24)33-28-14-7-21(16-31-28)19-3-4-19/h7,10,13-20,22,24H,3-6,8-9,11-12H2,1-2H3,(H,31,33)(H,34,35). The number of carbonyl (C=O) groups is 1. The van der Waals surface area contributed by atoms with Gasteiger partial charge in [-0.25, -0.2) is 23.2 Å². The number of ether oxygens (including phenoxy) is 1. The number of rotatable bonds is 9. The normalized spacial score (nSPS) is 21.3. The molecule has 2 N–H and O–H groups in total. The topological polar surface area (TPSA) is 110 Å². The fourth-order valence-electron chi connectivity index (χ4n) is 5.38. The minimum atomic E-state index is -3.45. The first-order valence-corrected chi connectivity index (χ1v) is 16.7. The van der Waals surface area contributed by atoms with E-state index >= 15 is 0 Å². The van der Waals surface area contributed by atoms with Crippen LogP contribution in [-0.4, -0.2) is 41.9 Å². The number of thiazole rings is 1. The molecule has 0 radical (unpaired) electrons. The van der Waals surface area contributed by atoms with Gasteiger partial charge in [0.1, 0.15) is 5.82 Å². The van der Waals surface area contributed by atoms with Crippen LogP contribution in [0.5, 0.6) is 0 Å². The molecule has 1 aromatic carbocycles. The molecule has 0 atom stereocenters. The van der Waals surface area contributed by atoms with Crippen LogP contribution in [0.1, 0.15) is 87.6 Å². The third kappa shape index (κ3) is 6.17. The summed E-state index contributed by atoms with van der Waals surface area (Å²) in [7, 11) is -3.45. The predicted molar refractivity (Wildman–Crippen MR) is 157 cm³/mol. The van der Waals surface area contributed by atoms with Crippen LogP contribution in [0, 0.1) is 0 Å². The molecular weight excluding hydrogens is 544 g/mol. The highest BCUT2D eigenvalue weighted by Crippen LogP contribution is 2.43. The molecular formula is C30H36N4O4S2. The van der Waals surface area contributed by atoms with Gasteiger partial charge in [0.2, 0.25) is 0 Å². The molecule has 3 aliphatic carbocycles. The van der Waals surface area contributed by atoms with Crippen LogP contribution in [0.15, 0.2) is 47.6 Å². The van der Waals surface area contributed by atoms with Gasteiger partial charge in [0.25, 0.3) is 0 Å². The number of nitrogens with one attached hydrogen (secondary N) is 2. The van der Waals surface area contributed by atoms with Crippen molar-refractivity contribution in [2.75, 3.05) is 5.32 Å². The van der Waals surface area contributed by atoms with Crippen LogP contribution < -0.4 is 10.6 Å². The lowest BCUT2D eigenvalue weighted by Gasteiger charge is -2.28. The van der Waals surface area contributed by atoms with Crippen LogP contribution in [0.3, 0.4) is 0 Å². The predicted octanol–water partition coefficient (Wildman–Crippen LogP) is 6.92. The van der Waals surface area contributed by atoms with Crippen LogP contribution in [0.2, 0.25) is 0 Å². The van der Waals surface area contributed by atoms with Crippen molar-refractivity contribution in [3.05, 3.63) is 53.3 Å². The Morgan fingerprint density at radius 2 is 1.70 bits per heavy atom. The van der Waals surface area contributed by atoms with Crippen molar-refractivity contribution in [3.8, 4) is 10.4 Å². The zero-order valence-corrected chi connectivity index (χ0v) is 24.6. The smallest absolute Gasteiger partial charge is 0.407 e. The molecule has 0 spiro atoms. The minimum absolute atomic E-state index is 0.108. The van der Waals surface area contributed by atoms with Gasteiger partial charge < -0.3 is 15.4 Å². The van der Waals surface area contributed by atoms with Gasteiger partial charge in [-0.2, -0.15) is 0 Å². The molecule has 3 aromatic rings. The molecule has 6 rings (SSSR count). The van der Waals surface area contributed by atoms with E-state index in [-0.39, 0.29) is 23.5 Å². The molecule has 0 saturated heterocycles. The second-order valence-corrected chi connectivity index (χ2v) is 14.8. The summed E-state index contributed by atoms with van der Waals surface area (Å²) in [4.78, 5) is 22.5. The van der Waals surface area contributed by atoms with Gasteiger partial charge in [-0.3, -0.25) is 0 Å². The molecule has 8 nitrogen and oxygen atoms in total. The summed E-state index contributed by atoms with van der Waals surface area (Å²) in [6.07, 6.45) is 10.7. The first-order valence-electron chi connectivity index (χ1n) is 14.3. The number of hydrogen-bond acceptors (Lipinski definition) is 8. The van der Waals surface area contributed by atoms with Gasteiger partial charge in [0.05, 0.1) is 26.1 Å². The summed E-state index contributed by atoms with van der Waals surface area (Å²) in [5.74, 6) is 1.64. The van der Waals surface area contributed by atoms with Gasteiger partial charge in [0, 0.05) is 35.6 Å². The van der Waals surface area contributed by atoms with Crippen molar-refractivity contribution in [2.45, 2.75) is 99.3 Å². The Kier molecular flexibility index (Phi) is 7.56. The number of anilines is 2. The molecule has 212 valence electrons. The number of benzene rings is 1. The zero-order chi connectivity index (χ0) is 27.9. The first-order chi connectivity index (χ1) is 19.3. The molecule has 3 fully saturated rings. The van der Waals surface area contributed by atoms with E-state index in [1.165, 1.54) is 18.4 Å². The fourth-order valence-corrected chi connectivity index (χ4v) is 8.47. The largest absolute Gasteiger partial charge is 0.447 e. The molecule has 0 bridgehead atoms. The molecule has 1 amide bonds. The molecule has 3 aliphatic rings. The summed E-state index contributed by atoms with van der Waals surface area (Å²) < 4.78 is 32.2. The number of aromatic nitrogens is 2. The summed E-state index contributed by atoms with van der Waals surface area (Å²) in [5, 5.41) is 6.98. The third-order valence-corrected chi connectivity index (χ3v) is 11.4. The van der Waals surface area contributed by atoms with E-state index in [9.17, 15) is 13.2 Å². The molecule has 0 unspecified atom stereocenters. The Hall–Kier alpha value is -2.98. The lowest BCUT2D eigenvalue weighted by molar-refractivity contribution is 0.109. The number of nitrogens with zero attached hydrogens (tertiary/aromatic N) is 2. The van der Waals surface area contributed by atoms with E-state index in [0.29, 0.717) is 46.6 Å². The molecule has 2 aromatic heterocycles. The minimum Gasteiger partial charge on any atom is -0.447 e. The summed E-state index contributed by atoms with van der Waals surface area (Å²) in [6.45, 7) is 3.68. The lowest BCUT2D eigenvalue weighted by atomic mass is 9.86. The van der Waals surface area contributed by atoms with Crippen molar-refractivity contribution in [2.24, 2.45) is 0 Å². The number of amides is 1.